The number of nitrogens with two attached hydrogens (primary N) is 3. The topological polar surface area (TPSA) is 338 Å². The predicted octanol–water partition coefficient (Wildman–Crippen LogP) is -3.17. The van der Waals surface area contributed by atoms with Crippen molar-refractivity contribution < 1.29 is 48.6 Å². The Labute approximate surface area is 321 Å². The molecule has 2 saturated heterocycles. The van der Waals surface area contributed by atoms with Gasteiger partial charge in [-0.25, -0.2) is 4.79 Å². The number of carboxylic acids is 2. The highest BCUT2D eigenvalue weighted by Gasteiger charge is 2.40. The van der Waals surface area contributed by atoms with Crippen molar-refractivity contribution in [1.82, 2.24) is 36.1 Å². The number of H-pyrrole nitrogens is 1. The highest BCUT2D eigenvalue weighted by Crippen LogP contribution is 2.22. The SMILES string of the molecule is NCC(=O)NC(CCCN=C(N)N)C(=O)NCC(=O)N1CCCC1C(=O)NC(Cc1c[nH]c2ccccc12)C(=O)NC(CC(=O)O)C(=O)N1CCCC1C(=O)O. The van der Waals surface area contributed by atoms with Gasteiger partial charge in [0, 0.05) is 43.2 Å². The Kier molecular flexibility index (Phi) is 15.1. The van der Waals surface area contributed by atoms with Gasteiger partial charge in [0.15, 0.2) is 5.96 Å². The number of guanidine groups is 1. The molecule has 1 aromatic carbocycles. The van der Waals surface area contributed by atoms with E-state index in [1.165, 1.54) is 4.90 Å². The van der Waals surface area contributed by atoms with Crippen LogP contribution in [0.5, 0.6) is 0 Å². The lowest BCUT2D eigenvalue weighted by Gasteiger charge is -2.29. The Balaban J connectivity index is 1.49. The summed E-state index contributed by atoms with van der Waals surface area (Å²) in [5.41, 5.74) is 17.4. The molecule has 21 heteroatoms. The molecular weight excluding hydrogens is 734 g/mol. The number of fused-ring (bicyclic) bond motifs is 1. The molecule has 5 unspecified atom stereocenters. The van der Waals surface area contributed by atoms with E-state index in [1.807, 2.05) is 6.07 Å². The molecule has 13 N–H and O–H groups in total. The minimum absolute atomic E-state index is 0.0612. The molecule has 2 fully saturated rings. The zero-order valence-electron chi connectivity index (χ0n) is 30.7. The molecule has 304 valence electrons. The molecule has 21 nitrogen and oxygen atoms in total. The van der Waals surface area contributed by atoms with E-state index >= 15 is 0 Å². The van der Waals surface area contributed by atoms with Crippen molar-refractivity contribution in [2.75, 3.05) is 32.7 Å². The number of hydrogen-bond acceptors (Lipinski definition) is 10. The van der Waals surface area contributed by atoms with Crippen molar-refractivity contribution in [3.63, 3.8) is 0 Å². The van der Waals surface area contributed by atoms with E-state index in [0.717, 1.165) is 15.8 Å². The van der Waals surface area contributed by atoms with Gasteiger partial charge >= 0.3 is 11.9 Å². The highest BCUT2D eigenvalue weighted by atomic mass is 16.4. The Morgan fingerprint density at radius 2 is 1.57 bits per heavy atom. The van der Waals surface area contributed by atoms with Crippen LogP contribution in [-0.4, -0.2) is 141 Å². The fourth-order valence-corrected chi connectivity index (χ4v) is 6.88. The Morgan fingerprint density at radius 1 is 0.875 bits per heavy atom. The number of likely N-dealkylation sites (tertiary alicyclic amines) is 2. The first kappa shape index (κ1) is 42.5. The van der Waals surface area contributed by atoms with Gasteiger partial charge in [-0.15, -0.1) is 0 Å². The third-order valence-electron chi connectivity index (χ3n) is 9.62. The van der Waals surface area contributed by atoms with Gasteiger partial charge in [-0.3, -0.25) is 38.6 Å². The summed E-state index contributed by atoms with van der Waals surface area (Å²) in [5, 5.41) is 30.1. The molecular formula is C35H49N11O10. The lowest BCUT2D eigenvalue weighted by molar-refractivity contribution is -0.150. The van der Waals surface area contributed by atoms with Gasteiger partial charge in [-0.05, 0) is 50.2 Å². The number of aromatic amines is 1. The van der Waals surface area contributed by atoms with Crippen LogP contribution in [0.1, 0.15) is 50.5 Å². The van der Waals surface area contributed by atoms with Gasteiger partial charge in [0.1, 0.15) is 30.2 Å². The third-order valence-corrected chi connectivity index (χ3v) is 9.62. The fourth-order valence-electron chi connectivity index (χ4n) is 6.88. The van der Waals surface area contributed by atoms with Crippen LogP contribution in [0.15, 0.2) is 35.5 Å². The molecule has 0 aliphatic carbocycles. The summed E-state index contributed by atoms with van der Waals surface area (Å²) in [6, 6.07) is 0.905. The summed E-state index contributed by atoms with van der Waals surface area (Å²) in [5.74, 6) is -7.17. The second-order valence-electron chi connectivity index (χ2n) is 13.5. The number of nitrogens with zero attached hydrogens (tertiary/aromatic N) is 3. The molecule has 1 aromatic heterocycles. The first-order chi connectivity index (χ1) is 26.7. The normalized spacial score (nSPS) is 18.0. The highest BCUT2D eigenvalue weighted by molar-refractivity contribution is 5.98. The smallest absolute Gasteiger partial charge is 0.326 e. The summed E-state index contributed by atoms with van der Waals surface area (Å²) in [6.07, 6.45) is 2.35. The largest absolute Gasteiger partial charge is 0.481 e. The van der Waals surface area contributed by atoms with E-state index in [-0.39, 0.29) is 57.8 Å². The summed E-state index contributed by atoms with van der Waals surface area (Å²) >= 11 is 0. The molecule has 2 aliphatic rings. The summed E-state index contributed by atoms with van der Waals surface area (Å²) in [6.45, 7) is -0.481. The number of carbonyl (C=O) groups is 8. The molecule has 5 atom stereocenters. The van der Waals surface area contributed by atoms with Crippen LogP contribution < -0.4 is 38.5 Å². The van der Waals surface area contributed by atoms with Crippen molar-refractivity contribution in [3.8, 4) is 0 Å². The van der Waals surface area contributed by atoms with E-state index in [9.17, 15) is 48.6 Å². The van der Waals surface area contributed by atoms with E-state index in [4.69, 9.17) is 17.2 Å². The van der Waals surface area contributed by atoms with Gasteiger partial charge in [0.2, 0.25) is 35.4 Å². The van der Waals surface area contributed by atoms with Gasteiger partial charge in [0.05, 0.1) is 19.5 Å². The number of hydrogen-bond donors (Lipinski definition) is 10. The minimum Gasteiger partial charge on any atom is -0.481 e. The Bertz CT molecular complexity index is 1830. The molecule has 4 rings (SSSR count). The van der Waals surface area contributed by atoms with Crippen molar-refractivity contribution in [2.24, 2.45) is 22.2 Å². The van der Waals surface area contributed by atoms with Gasteiger partial charge < -0.3 is 63.5 Å². The number of aromatic nitrogens is 1. The number of amides is 6. The molecule has 0 radical (unpaired) electrons. The monoisotopic (exact) mass is 783 g/mol. The Hall–Kier alpha value is -6.25. The van der Waals surface area contributed by atoms with Gasteiger partial charge in [-0.2, -0.15) is 0 Å². The van der Waals surface area contributed by atoms with Crippen LogP contribution in [0.2, 0.25) is 0 Å². The van der Waals surface area contributed by atoms with Crippen molar-refractivity contribution in [3.05, 3.63) is 36.0 Å². The first-order valence-corrected chi connectivity index (χ1v) is 18.2. The summed E-state index contributed by atoms with van der Waals surface area (Å²) in [7, 11) is 0. The predicted molar refractivity (Wildman–Crippen MR) is 199 cm³/mol. The van der Waals surface area contributed by atoms with Crippen LogP contribution >= 0.6 is 0 Å². The number of rotatable bonds is 19. The maximum Gasteiger partial charge on any atom is 0.326 e. The molecule has 0 bridgehead atoms. The fraction of sp³-hybridized carbons (Fsp3) is 0.514. The minimum atomic E-state index is -1.64. The lowest BCUT2D eigenvalue weighted by Crippen LogP contribution is -2.58. The van der Waals surface area contributed by atoms with Crippen LogP contribution in [-0.2, 0) is 44.8 Å². The Morgan fingerprint density at radius 3 is 2.25 bits per heavy atom. The summed E-state index contributed by atoms with van der Waals surface area (Å²) < 4.78 is 0. The zero-order valence-corrected chi connectivity index (χ0v) is 30.7. The van der Waals surface area contributed by atoms with E-state index < -0.39 is 90.6 Å². The number of aliphatic carboxylic acids is 2. The number of nitrogens with one attached hydrogen (secondary N) is 5. The standard InChI is InChI=1S/C35H49N11O10/c36-16-27(47)42-22(8-3-11-39-35(37)38)30(51)41-18-28(48)45-12-4-9-25(45)32(53)43-23(14-19-17-40-21-7-2-1-6-20(19)21)31(52)44-24(15-29(49)50)33(54)46-13-5-10-26(46)34(55)56/h1-2,6-7,17,22-26,40H,3-5,8-16,18,36H2,(H,41,51)(H,42,47)(H,43,53)(H,44,52)(H,49,50)(H,55,56)(H4,37,38,39). The van der Waals surface area contributed by atoms with Gasteiger partial charge in [-0.1, -0.05) is 18.2 Å². The lowest BCUT2D eigenvalue weighted by atomic mass is 10.0. The van der Waals surface area contributed by atoms with Crippen molar-refractivity contribution in [2.45, 2.75) is 81.6 Å². The first-order valence-electron chi connectivity index (χ1n) is 18.2. The molecule has 2 aromatic rings. The maximum absolute atomic E-state index is 14.0. The van der Waals surface area contributed by atoms with Gasteiger partial charge in [0.25, 0.3) is 0 Å². The second kappa shape index (κ2) is 19.9. The molecule has 0 saturated carbocycles. The zero-order chi connectivity index (χ0) is 40.9. The molecule has 3 heterocycles. The maximum atomic E-state index is 14.0. The number of para-hydroxylation sites is 1. The number of benzene rings is 1. The third kappa shape index (κ3) is 11.4. The second-order valence-corrected chi connectivity index (χ2v) is 13.5. The van der Waals surface area contributed by atoms with E-state index in [1.54, 1.807) is 24.4 Å². The van der Waals surface area contributed by atoms with Crippen molar-refractivity contribution in [1.29, 1.82) is 0 Å². The molecule has 2 aliphatic heterocycles. The molecule has 0 spiro atoms. The van der Waals surface area contributed by atoms with E-state index in [0.29, 0.717) is 24.8 Å². The number of carboxylic acid groups (broad SMARTS) is 2. The number of aliphatic imine (C=N–C) groups is 1. The molecule has 6 amide bonds. The average Bonchev–Trinajstić information content (AvgIpc) is 3.94. The molecule has 56 heavy (non-hydrogen) atoms. The van der Waals surface area contributed by atoms with E-state index in [2.05, 4.69) is 31.2 Å². The van der Waals surface area contributed by atoms with Crippen LogP contribution in [0.4, 0.5) is 0 Å². The van der Waals surface area contributed by atoms with Crippen molar-refractivity contribution >= 4 is 64.2 Å². The number of carbonyl (C=O) groups excluding carboxylic acids is 6. The van der Waals surface area contributed by atoms with Crippen LogP contribution in [0.25, 0.3) is 10.9 Å². The quantitative estimate of drug-likeness (QED) is 0.0383. The van der Waals surface area contributed by atoms with Crippen LogP contribution in [0.3, 0.4) is 0 Å². The average molecular weight is 784 g/mol. The van der Waals surface area contributed by atoms with Crippen LogP contribution in [0, 0.1) is 0 Å². The summed E-state index contributed by atoms with van der Waals surface area (Å²) in [4.78, 5) is 113.